The lowest BCUT2D eigenvalue weighted by atomic mass is 10.3. The van der Waals surface area contributed by atoms with Crippen molar-refractivity contribution in [3.63, 3.8) is 0 Å². The van der Waals surface area contributed by atoms with E-state index in [-0.39, 0.29) is 6.61 Å². The van der Waals surface area contributed by atoms with Gasteiger partial charge in [-0.3, -0.25) is 4.55 Å². The van der Waals surface area contributed by atoms with Crippen LogP contribution in [0.5, 0.6) is 0 Å². The molecule has 1 radical (unpaired) electrons. The fourth-order valence-electron chi connectivity index (χ4n) is 0.459. The normalized spacial score (nSPS) is 12.5. The van der Waals surface area contributed by atoms with Gasteiger partial charge >= 0.3 is 10.4 Å². The molecule has 0 aliphatic heterocycles. The Morgan fingerprint density at radius 3 is 2.73 bits per heavy atom. The maximum Gasteiger partial charge on any atom is 0.397 e. The second-order valence-electron chi connectivity index (χ2n) is 1.80. The van der Waals surface area contributed by atoms with E-state index in [1.807, 2.05) is 6.92 Å². The lowest BCUT2D eigenvalue weighted by Crippen LogP contribution is -2.03. The quantitative estimate of drug-likeness (QED) is 0.504. The van der Waals surface area contributed by atoms with Gasteiger partial charge in [0.1, 0.15) is 0 Å². The molecule has 0 atom stereocenters. The number of rotatable bonds is 5. The van der Waals surface area contributed by atoms with Crippen LogP contribution in [-0.4, -0.2) is 19.6 Å². The van der Waals surface area contributed by atoms with Crippen molar-refractivity contribution in [3.8, 4) is 0 Å². The van der Waals surface area contributed by atoms with Gasteiger partial charge in [0, 0.05) is 0 Å². The lowest BCUT2D eigenvalue weighted by Gasteiger charge is -1.94. The predicted octanol–water partition coefficient (Wildman–Crippen LogP) is 0.965. The van der Waals surface area contributed by atoms with Gasteiger partial charge in [-0.2, -0.15) is 8.42 Å². The standard InChI is InChI=1S/C6H11O4S/c1-2-3-4-5-6-10-11(7,8)9/h4H,2,5-6H2,1H3,(H,7,8,9). The predicted molar refractivity (Wildman–Crippen MR) is 40.2 cm³/mol. The topological polar surface area (TPSA) is 63.6 Å². The minimum Gasteiger partial charge on any atom is -0.264 e. The zero-order chi connectivity index (χ0) is 8.74. The van der Waals surface area contributed by atoms with Crippen LogP contribution in [0, 0.1) is 6.08 Å². The molecule has 65 valence electrons. The molecule has 11 heavy (non-hydrogen) atoms. The molecule has 0 aromatic rings. The fourth-order valence-corrected chi connectivity index (χ4v) is 0.766. The smallest absolute Gasteiger partial charge is 0.264 e. The summed E-state index contributed by atoms with van der Waals surface area (Å²) in [6.07, 6.45) is 5.75. The molecule has 0 fully saturated rings. The molecule has 0 aromatic carbocycles. The molecule has 0 heterocycles. The van der Waals surface area contributed by atoms with Gasteiger partial charge in [0.15, 0.2) is 0 Å². The van der Waals surface area contributed by atoms with Gasteiger partial charge in [-0.05, 0) is 18.9 Å². The third-order valence-electron chi connectivity index (χ3n) is 0.843. The zero-order valence-electron chi connectivity index (χ0n) is 6.28. The van der Waals surface area contributed by atoms with Crippen LogP contribution in [-0.2, 0) is 14.6 Å². The van der Waals surface area contributed by atoms with Gasteiger partial charge in [-0.15, -0.1) is 0 Å². The molecule has 0 aromatic heterocycles. The summed E-state index contributed by atoms with van der Waals surface area (Å²) in [6.45, 7) is 1.88. The van der Waals surface area contributed by atoms with Crippen LogP contribution in [0.15, 0.2) is 6.08 Å². The maximum atomic E-state index is 9.96. The largest absolute Gasteiger partial charge is 0.397 e. The SMILES string of the molecule is CC/[C]=C/CCOS(=O)(=O)O. The lowest BCUT2D eigenvalue weighted by molar-refractivity contribution is 0.273. The molecule has 0 aliphatic carbocycles. The van der Waals surface area contributed by atoms with Crippen molar-refractivity contribution < 1.29 is 17.2 Å². The summed E-state index contributed by atoms with van der Waals surface area (Å²) in [5.74, 6) is 0. The summed E-state index contributed by atoms with van der Waals surface area (Å²) in [6, 6.07) is 0. The van der Waals surface area contributed by atoms with Crippen LogP contribution < -0.4 is 0 Å². The minimum absolute atomic E-state index is 0.0359. The van der Waals surface area contributed by atoms with Crippen molar-refractivity contribution >= 4 is 10.4 Å². The summed E-state index contributed by atoms with van der Waals surface area (Å²) < 4.78 is 32.0. The highest BCUT2D eigenvalue weighted by molar-refractivity contribution is 7.80. The van der Waals surface area contributed by atoms with E-state index in [1.165, 1.54) is 0 Å². The second-order valence-corrected chi connectivity index (χ2v) is 2.89. The Morgan fingerprint density at radius 2 is 2.27 bits per heavy atom. The highest BCUT2D eigenvalue weighted by Crippen LogP contribution is 1.90. The highest BCUT2D eigenvalue weighted by Gasteiger charge is 2.00. The number of hydrogen-bond acceptors (Lipinski definition) is 3. The van der Waals surface area contributed by atoms with Gasteiger partial charge in [0.05, 0.1) is 6.61 Å². The Kier molecular flexibility index (Phi) is 5.10. The molecule has 0 amide bonds. The van der Waals surface area contributed by atoms with Crippen molar-refractivity contribution in [1.82, 2.24) is 0 Å². The molecule has 0 spiro atoms. The Labute approximate surface area is 66.8 Å². The van der Waals surface area contributed by atoms with Crippen molar-refractivity contribution in [2.24, 2.45) is 0 Å². The first-order valence-corrected chi connectivity index (χ1v) is 4.59. The molecule has 0 rings (SSSR count). The van der Waals surface area contributed by atoms with Gasteiger partial charge in [-0.25, -0.2) is 4.18 Å². The highest BCUT2D eigenvalue weighted by atomic mass is 32.3. The average molecular weight is 179 g/mol. The van der Waals surface area contributed by atoms with Crippen LogP contribution in [0.3, 0.4) is 0 Å². The van der Waals surface area contributed by atoms with Crippen LogP contribution in [0.4, 0.5) is 0 Å². The Balaban J connectivity index is 3.36. The molecule has 0 bridgehead atoms. The summed E-state index contributed by atoms with van der Waals surface area (Å²) in [4.78, 5) is 0. The van der Waals surface area contributed by atoms with Crippen LogP contribution >= 0.6 is 0 Å². The first kappa shape index (κ1) is 10.6. The van der Waals surface area contributed by atoms with E-state index in [9.17, 15) is 8.42 Å². The van der Waals surface area contributed by atoms with Crippen molar-refractivity contribution in [1.29, 1.82) is 0 Å². The molecule has 0 aliphatic rings. The van der Waals surface area contributed by atoms with E-state index >= 15 is 0 Å². The summed E-state index contributed by atoms with van der Waals surface area (Å²) in [7, 11) is -4.26. The summed E-state index contributed by atoms with van der Waals surface area (Å²) in [5.41, 5.74) is 0. The Hall–Kier alpha value is -0.390. The molecule has 0 saturated heterocycles. The molecule has 4 nitrogen and oxygen atoms in total. The molecule has 0 unspecified atom stereocenters. The van der Waals surface area contributed by atoms with Crippen molar-refractivity contribution in [2.45, 2.75) is 19.8 Å². The molecule has 1 N–H and O–H groups in total. The van der Waals surface area contributed by atoms with Crippen LogP contribution in [0.1, 0.15) is 19.8 Å². The zero-order valence-corrected chi connectivity index (χ0v) is 7.10. The summed E-state index contributed by atoms with van der Waals surface area (Å²) in [5, 5.41) is 0. The molecular formula is C6H11O4S. The van der Waals surface area contributed by atoms with E-state index in [4.69, 9.17) is 4.55 Å². The van der Waals surface area contributed by atoms with Gasteiger partial charge in [0.25, 0.3) is 0 Å². The Bertz CT molecular complexity index is 205. The molecule has 5 heteroatoms. The van der Waals surface area contributed by atoms with E-state index in [2.05, 4.69) is 10.3 Å². The number of allylic oxidation sites excluding steroid dienone is 1. The van der Waals surface area contributed by atoms with Crippen molar-refractivity contribution in [2.75, 3.05) is 6.61 Å². The van der Waals surface area contributed by atoms with E-state index in [1.54, 1.807) is 6.08 Å². The molecular weight excluding hydrogens is 168 g/mol. The Morgan fingerprint density at radius 1 is 1.64 bits per heavy atom. The number of hydrogen-bond donors (Lipinski definition) is 1. The minimum atomic E-state index is -4.26. The van der Waals surface area contributed by atoms with E-state index < -0.39 is 10.4 Å². The fraction of sp³-hybridized carbons (Fsp3) is 0.667. The van der Waals surface area contributed by atoms with Gasteiger partial charge in [0.2, 0.25) is 0 Å². The third kappa shape index (κ3) is 9.61. The van der Waals surface area contributed by atoms with E-state index in [0.717, 1.165) is 6.42 Å². The van der Waals surface area contributed by atoms with E-state index in [0.29, 0.717) is 6.42 Å². The second kappa shape index (κ2) is 5.29. The first-order chi connectivity index (χ1) is 5.06. The van der Waals surface area contributed by atoms with Gasteiger partial charge < -0.3 is 0 Å². The monoisotopic (exact) mass is 179 g/mol. The molecule has 0 saturated carbocycles. The first-order valence-electron chi connectivity index (χ1n) is 3.23. The maximum absolute atomic E-state index is 9.96. The van der Waals surface area contributed by atoms with Crippen LogP contribution in [0.25, 0.3) is 0 Å². The van der Waals surface area contributed by atoms with Gasteiger partial charge in [-0.1, -0.05) is 13.0 Å². The summed E-state index contributed by atoms with van der Waals surface area (Å²) >= 11 is 0. The van der Waals surface area contributed by atoms with Crippen LogP contribution in [0.2, 0.25) is 0 Å². The average Bonchev–Trinajstić information content (AvgIpc) is 1.85. The third-order valence-corrected chi connectivity index (χ3v) is 1.31. The van der Waals surface area contributed by atoms with Crippen molar-refractivity contribution in [3.05, 3.63) is 12.2 Å².